The number of piperazine rings is 1. The second-order valence-electron chi connectivity index (χ2n) is 6.70. The summed E-state index contributed by atoms with van der Waals surface area (Å²) in [5.41, 5.74) is 1.89. The van der Waals surface area contributed by atoms with Crippen molar-refractivity contribution in [2.24, 2.45) is 0 Å². The molecule has 1 fully saturated rings. The molecule has 2 aromatic carbocycles. The van der Waals surface area contributed by atoms with Gasteiger partial charge in [0, 0.05) is 38.3 Å². The van der Waals surface area contributed by atoms with E-state index in [1.165, 1.54) is 19.2 Å². The largest absolute Gasteiger partial charge is 0.368 e. The van der Waals surface area contributed by atoms with Gasteiger partial charge in [-0.25, -0.2) is 17.5 Å². The predicted molar refractivity (Wildman–Crippen MR) is 106 cm³/mol. The Kier molecular flexibility index (Phi) is 6.31. The number of sulfonamides is 1. The smallest absolute Gasteiger partial charge is 0.240 e. The number of hydrogen-bond donors (Lipinski definition) is 1. The molecule has 28 heavy (non-hydrogen) atoms. The SMILES string of the molecule is CNS(=O)(=O)c1ccc(CCC(=O)N2CCN(c3ccc(F)cc3)CC2)cc1. The van der Waals surface area contributed by atoms with Crippen molar-refractivity contribution in [3.05, 3.63) is 59.9 Å². The van der Waals surface area contributed by atoms with Crippen LogP contribution in [0.5, 0.6) is 0 Å². The minimum absolute atomic E-state index is 0.0886. The van der Waals surface area contributed by atoms with Crippen LogP contribution in [0, 0.1) is 5.82 Å². The molecule has 1 N–H and O–H groups in total. The number of rotatable bonds is 6. The molecule has 1 heterocycles. The molecule has 0 atom stereocenters. The molecule has 0 aliphatic carbocycles. The highest BCUT2D eigenvalue weighted by molar-refractivity contribution is 7.89. The Bertz CT molecular complexity index is 907. The van der Waals surface area contributed by atoms with Gasteiger partial charge in [-0.1, -0.05) is 12.1 Å². The van der Waals surface area contributed by atoms with Gasteiger partial charge < -0.3 is 9.80 Å². The van der Waals surface area contributed by atoms with Crippen molar-refractivity contribution in [1.82, 2.24) is 9.62 Å². The van der Waals surface area contributed by atoms with Gasteiger partial charge in [-0.3, -0.25) is 4.79 Å². The molecule has 1 aliphatic heterocycles. The summed E-state index contributed by atoms with van der Waals surface area (Å²) >= 11 is 0. The summed E-state index contributed by atoms with van der Waals surface area (Å²) in [6.45, 7) is 2.70. The van der Waals surface area contributed by atoms with Crippen molar-refractivity contribution < 1.29 is 17.6 Å². The highest BCUT2D eigenvalue weighted by Crippen LogP contribution is 2.18. The van der Waals surface area contributed by atoms with E-state index in [4.69, 9.17) is 0 Å². The van der Waals surface area contributed by atoms with Crippen LogP contribution in [0.1, 0.15) is 12.0 Å². The van der Waals surface area contributed by atoms with Crippen molar-refractivity contribution in [3.63, 3.8) is 0 Å². The van der Waals surface area contributed by atoms with Gasteiger partial charge in [0.1, 0.15) is 5.82 Å². The van der Waals surface area contributed by atoms with Crippen LogP contribution in [0.3, 0.4) is 0 Å². The van der Waals surface area contributed by atoms with Crippen LogP contribution in [-0.4, -0.2) is 52.5 Å². The molecule has 8 heteroatoms. The van der Waals surface area contributed by atoms with Gasteiger partial charge in [0.2, 0.25) is 15.9 Å². The highest BCUT2D eigenvalue weighted by Gasteiger charge is 2.21. The van der Waals surface area contributed by atoms with E-state index in [0.29, 0.717) is 39.0 Å². The molecule has 1 aliphatic rings. The van der Waals surface area contributed by atoms with E-state index in [1.807, 2.05) is 4.90 Å². The maximum Gasteiger partial charge on any atom is 0.240 e. The van der Waals surface area contributed by atoms with E-state index in [9.17, 15) is 17.6 Å². The number of hydrogen-bond acceptors (Lipinski definition) is 4. The maximum absolute atomic E-state index is 13.0. The fourth-order valence-electron chi connectivity index (χ4n) is 3.23. The first-order chi connectivity index (χ1) is 13.4. The van der Waals surface area contributed by atoms with Gasteiger partial charge in [-0.05, 0) is 55.4 Å². The molecule has 0 spiro atoms. The summed E-state index contributed by atoms with van der Waals surface area (Å²) in [5.74, 6) is -0.167. The number of carbonyl (C=O) groups excluding carboxylic acids is 1. The lowest BCUT2D eigenvalue weighted by Crippen LogP contribution is -2.48. The Morgan fingerprint density at radius 2 is 1.61 bits per heavy atom. The third-order valence-corrected chi connectivity index (χ3v) is 6.38. The molecule has 0 bridgehead atoms. The van der Waals surface area contributed by atoms with Crippen molar-refractivity contribution in [3.8, 4) is 0 Å². The van der Waals surface area contributed by atoms with Crippen LogP contribution in [0.2, 0.25) is 0 Å². The van der Waals surface area contributed by atoms with E-state index in [-0.39, 0.29) is 16.6 Å². The molecule has 0 radical (unpaired) electrons. The summed E-state index contributed by atoms with van der Waals surface area (Å²) in [6.07, 6.45) is 0.950. The minimum Gasteiger partial charge on any atom is -0.368 e. The third kappa shape index (κ3) is 4.88. The summed E-state index contributed by atoms with van der Waals surface area (Å²) in [6, 6.07) is 13.0. The first kappa shape index (κ1) is 20.3. The van der Waals surface area contributed by atoms with Crippen LogP contribution in [-0.2, 0) is 21.2 Å². The minimum atomic E-state index is -3.44. The Balaban J connectivity index is 1.49. The fourth-order valence-corrected chi connectivity index (χ4v) is 3.96. The second-order valence-corrected chi connectivity index (χ2v) is 8.58. The zero-order valence-electron chi connectivity index (χ0n) is 15.8. The zero-order chi connectivity index (χ0) is 20.1. The number of amides is 1. The summed E-state index contributed by atoms with van der Waals surface area (Å²) < 4.78 is 38.8. The summed E-state index contributed by atoms with van der Waals surface area (Å²) in [7, 11) is -2.07. The van der Waals surface area contributed by atoms with E-state index >= 15 is 0 Å². The van der Waals surface area contributed by atoms with Crippen LogP contribution in [0.15, 0.2) is 53.4 Å². The molecule has 0 aromatic heterocycles. The number of halogens is 1. The van der Waals surface area contributed by atoms with Gasteiger partial charge in [-0.15, -0.1) is 0 Å². The lowest BCUT2D eigenvalue weighted by atomic mass is 10.1. The van der Waals surface area contributed by atoms with E-state index in [1.54, 1.807) is 36.4 Å². The Morgan fingerprint density at radius 3 is 2.18 bits per heavy atom. The van der Waals surface area contributed by atoms with E-state index < -0.39 is 10.0 Å². The Hall–Kier alpha value is -2.45. The lowest BCUT2D eigenvalue weighted by Gasteiger charge is -2.36. The molecule has 3 rings (SSSR count). The van der Waals surface area contributed by atoms with Crippen molar-refractivity contribution >= 4 is 21.6 Å². The zero-order valence-corrected chi connectivity index (χ0v) is 16.6. The molecule has 1 amide bonds. The number of aryl methyl sites for hydroxylation is 1. The van der Waals surface area contributed by atoms with Crippen LogP contribution in [0.25, 0.3) is 0 Å². The quantitative estimate of drug-likeness (QED) is 0.798. The monoisotopic (exact) mass is 405 g/mol. The molecule has 150 valence electrons. The molecule has 2 aromatic rings. The number of carbonyl (C=O) groups is 1. The molecule has 6 nitrogen and oxygen atoms in total. The van der Waals surface area contributed by atoms with Gasteiger partial charge in [0.25, 0.3) is 0 Å². The van der Waals surface area contributed by atoms with Crippen LogP contribution >= 0.6 is 0 Å². The van der Waals surface area contributed by atoms with Crippen molar-refractivity contribution in [2.45, 2.75) is 17.7 Å². The van der Waals surface area contributed by atoms with E-state index in [0.717, 1.165) is 11.3 Å². The normalized spacial score (nSPS) is 14.9. The van der Waals surface area contributed by atoms with Gasteiger partial charge in [0.05, 0.1) is 4.90 Å². The Morgan fingerprint density at radius 1 is 1.00 bits per heavy atom. The molecular formula is C20H24FN3O3S. The van der Waals surface area contributed by atoms with Crippen molar-refractivity contribution in [2.75, 3.05) is 38.1 Å². The first-order valence-electron chi connectivity index (χ1n) is 9.20. The number of benzene rings is 2. The molecule has 0 unspecified atom stereocenters. The third-order valence-electron chi connectivity index (χ3n) is 4.95. The van der Waals surface area contributed by atoms with Gasteiger partial charge in [-0.2, -0.15) is 0 Å². The summed E-state index contributed by atoms with van der Waals surface area (Å²) in [5, 5.41) is 0. The molecule has 1 saturated heterocycles. The topological polar surface area (TPSA) is 69.7 Å². The molecule has 0 saturated carbocycles. The van der Waals surface area contributed by atoms with Gasteiger partial charge >= 0.3 is 0 Å². The average Bonchev–Trinajstić information content (AvgIpc) is 2.73. The van der Waals surface area contributed by atoms with E-state index in [2.05, 4.69) is 9.62 Å². The fraction of sp³-hybridized carbons (Fsp3) is 0.350. The Labute approximate surface area is 165 Å². The predicted octanol–water partition coefficient (Wildman–Crippen LogP) is 2.02. The lowest BCUT2D eigenvalue weighted by molar-refractivity contribution is -0.131. The number of anilines is 1. The summed E-state index contributed by atoms with van der Waals surface area (Å²) in [4.78, 5) is 16.7. The average molecular weight is 405 g/mol. The standard InChI is InChI=1S/C20H24FN3O3S/c1-22-28(26,27)19-9-2-16(3-10-19)4-11-20(25)24-14-12-23(13-15-24)18-7-5-17(21)6-8-18/h2-3,5-10,22H,4,11-15H2,1H3. The number of nitrogens with zero attached hydrogens (tertiary/aromatic N) is 2. The van der Waals surface area contributed by atoms with Crippen molar-refractivity contribution in [1.29, 1.82) is 0 Å². The highest BCUT2D eigenvalue weighted by atomic mass is 32.2. The second kappa shape index (κ2) is 8.70. The number of nitrogens with one attached hydrogen (secondary N) is 1. The van der Waals surface area contributed by atoms with Crippen LogP contribution in [0.4, 0.5) is 10.1 Å². The van der Waals surface area contributed by atoms with Crippen LogP contribution < -0.4 is 9.62 Å². The molecular weight excluding hydrogens is 381 g/mol. The maximum atomic E-state index is 13.0. The van der Waals surface area contributed by atoms with Gasteiger partial charge in [0.15, 0.2) is 0 Å². The first-order valence-corrected chi connectivity index (χ1v) is 10.7.